The molecule has 3 amide bonds. The predicted octanol–water partition coefficient (Wildman–Crippen LogP) is 3.95. The van der Waals surface area contributed by atoms with E-state index >= 15 is 0 Å². The van der Waals surface area contributed by atoms with Crippen LogP contribution in [0.5, 0.6) is 0 Å². The van der Waals surface area contributed by atoms with Crippen molar-refractivity contribution in [2.75, 3.05) is 18.0 Å². The van der Waals surface area contributed by atoms with Crippen molar-refractivity contribution in [3.63, 3.8) is 0 Å². The van der Waals surface area contributed by atoms with Crippen molar-refractivity contribution in [2.24, 2.45) is 0 Å². The number of carbonyl (C=O) groups is 2. The maximum absolute atomic E-state index is 14.7. The van der Waals surface area contributed by atoms with Crippen LogP contribution < -0.4 is 21.0 Å². The fraction of sp³-hybridized carbons (Fsp3) is 0.273. The van der Waals surface area contributed by atoms with Gasteiger partial charge in [0.2, 0.25) is 5.43 Å². The molecule has 1 aromatic carbocycles. The third kappa shape index (κ3) is 5.61. The quantitative estimate of drug-likeness (QED) is 0.457. The van der Waals surface area contributed by atoms with Gasteiger partial charge >= 0.3 is 18.4 Å². The summed E-state index contributed by atoms with van der Waals surface area (Å²) in [7, 11) is 0. The molecule has 4 rings (SSSR count). The summed E-state index contributed by atoms with van der Waals surface area (Å²) >= 11 is 0. The van der Waals surface area contributed by atoms with Crippen molar-refractivity contribution in [3.05, 3.63) is 63.7 Å². The zero-order chi connectivity index (χ0) is 28.9. The summed E-state index contributed by atoms with van der Waals surface area (Å²) in [5, 5.41) is 2.95. The Morgan fingerprint density at radius 1 is 1.05 bits per heavy atom. The number of anilines is 1. The Morgan fingerprint density at radius 3 is 2.23 bits per heavy atom. The zero-order valence-corrected chi connectivity index (χ0v) is 19.1. The van der Waals surface area contributed by atoms with Crippen LogP contribution in [-0.4, -0.2) is 53.0 Å². The van der Waals surface area contributed by atoms with E-state index in [1.807, 2.05) is 0 Å². The maximum Gasteiger partial charge on any atom is 0.408 e. The number of urea groups is 1. The molecule has 208 valence electrons. The highest BCUT2D eigenvalue weighted by Crippen LogP contribution is 2.31. The van der Waals surface area contributed by atoms with E-state index in [1.165, 1.54) is 0 Å². The van der Waals surface area contributed by atoms with Crippen molar-refractivity contribution in [1.29, 1.82) is 0 Å². The van der Waals surface area contributed by atoms with Gasteiger partial charge in [-0.15, -0.1) is 0 Å². The number of rotatable bonds is 5. The molecule has 1 unspecified atom stereocenters. The summed E-state index contributed by atoms with van der Waals surface area (Å²) in [6.45, 7) is 0.295. The van der Waals surface area contributed by atoms with Gasteiger partial charge in [0.05, 0.1) is 11.8 Å². The first kappa shape index (κ1) is 27.7. The van der Waals surface area contributed by atoms with Crippen LogP contribution in [0.25, 0.3) is 16.7 Å². The summed E-state index contributed by atoms with van der Waals surface area (Å²) in [4.78, 5) is 42.8. The fourth-order valence-electron chi connectivity index (χ4n) is 3.85. The van der Waals surface area contributed by atoms with Gasteiger partial charge in [0, 0.05) is 31.4 Å². The lowest BCUT2D eigenvalue weighted by Crippen LogP contribution is -2.48. The van der Waals surface area contributed by atoms with Crippen LogP contribution in [-0.2, 0) is 0 Å². The lowest BCUT2D eigenvalue weighted by atomic mass is 10.1. The number of hydrogen-bond donors (Lipinski definition) is 2. The van der Waals surface area contributed by atoms with Crippen molar-refractivity contribution in [1.82, 2.24) is 20.2 Å². The standard InChI is InChI=1S/C22H14F9N5O3/c23-9-5-12(24)16(13(25)6-9)36-8-11(19(38)33-14(22(29,30)31)7-21(26,27)28)17(37)10-1-2-15(34-18(10)36)35-4-3-32-20(35)39/h1-2,5-6,8,14H,3-4,7H2,(H,32,39)(H,33,38). The molecule has 3 heterocycles. The van der Waals surface area contributed by atoms with E-state index in [4.69, 9.17) is 0 Å². The molecule has 0 saturated carbocycles. The molecule has 39 heavy (non-hydrogen) atoms. The smallest absolute Gasteiger partial charge is 0.340 e. The second kappa shape index (κ2) is 9.77. The number of carbonyl (C=O) groups excluding carboxylic acids is 2. The van der Waals surface area contributed by atoms with Gasteiger partial charge in [-0.3, -0.25) is 19.1 Å². The number of aromatic nitrogens is 2. The first-order chi connectivity index (χ1) is 18.1. The second-order valence-electron chi connectivity index (χ2n) is 8.27. The normalized spacial score (nSPS) is 15.0. The van der Waals surface area contributed by atoms with E-state index in [1.54, 1.807) is 0 Å². The van der Waals surface area contributed by atoms with Gasteiger partial charge in [-0.1, -0.05) is 0 Å². The van der Waals surface area contributed by atoms with Crippen LogP contribution >= 0.6 is 0 Å². The number of benzene rings is 1. The van der Waals surface area contributed by atoms with Gasteiger partial charge < -0.3 is 10.6 Å². The predicted molar refractivity (Wildman–Crippen MR) is 116 cm³/mol. The Hall–Kier alpha value is -4.31. The lowest BCUT2D eigenvalue weighted by Gasteiger charge is -2.23. The van der Waals surface area contributed by atoms with E-state index in [2.05, 4.69) is 10.3 Å². The van der Waals surface area contributed by atoms with Crippen LogP contribution in [0.3, 0.4) is 0 Å². The highest BCUT2D eigenvalue weighted by atomic mass is 19.4. The van der Waals surface area contributed by atoms with E-state index < -0.39 is 81.9 Å². The molecule has 0 aliphatic carbocycles. The summed E-state index contributed by atoms with van der Waals surface area (Å²) < 4.78 is 121. The first-order valence-corrected chi connectivity index (χ1v) is 10.8. The summed E-state index contributed by atoms with van der Waals surface area (Å²) in [5.74, 6) is -6.60. The van der Waals surface area contributed by atoms with Crippen LogP contribution in [0.4, 0.5) is 50.1 Å². The van der Waals surface area contributed by atoms with Crippen molar-refractivity contribution in [3.8, 4) is 5.69 Å². The second-order valence-corrected chi connectivity index (χ2v) is 8.27. The molecule has 17 heteroatoms. The number of nitrogens with zero attached hydrogens (tertiary/aromatic N) is 3. The lowest BCUT2D eigenvalue weighted by molar-refractivity contribution is -0.199. The Balaban J connectivity index is 1.93. The molecule has 2 aromatic heterocycles. The summed E-state index contributed by atoms with van der Waals surface area (Å²) in [6, 6.07) is -1.57. The van der Waals surface area contributed by atoms with Crippen LogP contribution in [0.15, 0.2) is 35.3 Å². The first-order valence-electron chi connectivity index (χ1n) is 10.8. The average Bonchev–Trinajstić information content (AvgIpc) is 3.23. The molecule has 8 nitrogen and oxygen atoms in total. The number of alkyl halides is 6. The van der Waals surface area contributed by atoms with Crippen molar-refractivity contribution >= 4 is 28.8 Å². The molecule has 3 aromatic rings. The molecule has 1 saturated heterocycles. The van der Waals surface area contributed by atoms with Crippen LogP contribution in [0.2, 0.25) is 0 Å². The minimum Gasteiger partial charge on any atom is -0.340 e. The average molecular weight is 567 g/mol. The summed E-state index contributed by atoms with van der Waals surface area (Å²) in [6.07, 6.45) is -13.1. The Bertz CT molecular complexity index is 1510. The maximum atomic E-state index is 14.7. The Labute approximate surface area is 211 Å². The van der Waals surface area contributed by atoms with Gasteiger partial charge in [0.15, 0.2) is 17.3 Å². The number of halogens is 9. The van der Waals surface area contributed by atoms with Gasteiger partial charge in [-0.25, -0.2) is 22.9 Å². The number of fused-ring (bicyclic) bond motifs is 1. The van der Waals surface area contributed by atoms with E-state index in [0.29, 0.717) is 10.8 Å². The molecule has 0 bridgehead atoms. The number of nitrogens with one attached hydrogen (secondary N) is 2. The monoisotopic (exact) mass is 567 g/mol. The summed E-state index contributed by atoms with van der Waals surface area (Å²) in [5.41, 5.74) is -4.29. The Morgan fingerprint density at radius 2 is 1.69 bits per heavy atom. The highest BCUT2D eigenvalue weighted by molar-refractivity contribution is 5.98. The SMILES string of the molecule is O=C(NC(CC(F)(F)F)C(F)(F)F)c1cn(-c2c(F)cc(F)cc2F)c2nc(N3CCNC3=O)ccc2c1=O. The van der Waals surface area contributed by atoms with E-state index in [9.17, 15) is 53.9 Å². The zero-order valence-electron chi connectivity index (χ0n) is 19.1. The number of amides is 3. The molecule has 1 aliphatic rings. The topological polar surface area (TPSA) is 96.3 Å². The molecule has 1 atom stereocenters. The fourth-order valence-corrected chi connectivity index (χ4v) is 3.85. The molecule has 1 aliphatic heterocycles. The van der Waals surface area contributed by atoms with E-state index in [0.717, 1.165) is 22.3 Å². The largest absolute Gasteiger partial charge is 0.408 e. The highest BCUT2D eigenvalue weighted by Gasteiger charge is 2.47. The van der Waals surface area contributed by atoms with Crippen LogP contribution in [0.1, 0.15) is 16.8 Å². The van der Waals surface area contributed by atoms with Crippen molar-refractivity contribution in [2.45, 2.75) is 24.8 Å². The van der Waals surface area contributed by atoms with Gasteiger partial charge in [0.25, 0.3) is 5.91 Å². The van der Waals surface area contributed by atoms with Crippen LogP contribution in [0, 0.1) is 17.5 Å². The number of hydrogen-bond acceptors (Lipinski definition) is 4. The third-order valence-electron chi connectivity index (χ3n) is 5.57. The molecule has 0 radical (unpaired) electrons. The third-order valence-corrected chi connectivity index (χ3v) is 5.57. The Kier molecular flexibility index (Phi) is 6.95. The van der Waals surface area contributed by atoms with Gasteiger partial charge in [-0.05, 0) is 12.1 Å². The molecular formula is C22H14F9N5O3. The van der Waals surface area contributed by atoms with Gasteiger partial charge in [-0.2, -0.15) is 26.3 Å². The number of pyridine rings is 2. The molecule has 1 fully saturated rings. The van der Waals surface area contributed by atoms with Crippen molar-refractivity contribution < 1.29 is 49.1 Å². The minimum atomic E-state index is -5.58. The molecule has 0 spiro atoms. The molecule has 2 N–H and O–H groups in total. The minimum absolute atomic E-state index is 0.0966. The van der Waals surface area contributed by atoms with Gasteiger partial charge in [0.1, 0.15) is 28.9 Å². The van der Waals surface area contributed by atoms with E-state index in [-0.39, 0.29) is 31.0 Å². The molecular weight excluding hydrogens is 553 g/mol.